The third-order valence-corrected chi connectivity index (χ3v) is 1.31. The normalized spacial score (nSPS) is 9.60. The molecular weight excluding hydrogens is 128 g/mol. The van der Waals surface area contributed by atoms with Crippen molar-refractivity contribution in [3.63, 3.8) is 0 Å². The maximum atomic E-state index is 10.7. The smallest absolute Gasteiger partial charge is 0.144 e. The molecule has 0 aliphatic rings. The van der Waals surface area contributed by atoms with E-state index in [1.165, 1.54) is 13.8 Å². The molecule has 0 N–H and O–H groups in total. The van der Waals surface area contributed by atoms with Crippen molar-refractivity contribution in [3.8, 4) is 0 Å². The summed E-state index contributed by atoms with van der Waals surface area (Å²) in [6.07, 6.45) is 0. The van der Waals surface area contributed by atoms with Crippen LogP contribution in [0.25, 0.3) is 0 Å². The quantitative estimate of drug-likeness (QED) is 0.438. The molecule has 0 saturated carbocycles. The monoisotopic (exact) mass is 140 g/mol. The van der Waals surface area contributed by atoms with E-state index in [0.717, 1.165) is 0 Å². The van der Waals surface area contributed by atoms with Crippen LogP contribution in [0.3, 0.4) is 0 Å². The van der Waals surface area contributed by atoms with Gasteiger partial charge in [-0.05, 0) is 20.8 Å². The van der Waals surface area contributed by atoms with E-state index < -0.39 is 5.92 Å². The molecule has 0 spiro atoms. The average molecular weight is 140 g/mol. The summed E-state index contributed by atoms with van der Waals surface area (Å²) < 4.78 is 0. The van der Waals surface area contributed by atoms with Crippen molar-refractivity contribution in [1.29, 1.82) is 0 Å². The molecule has 0 radical (unpaired) electrons. The van der Waals surface area contributed by atoms with Crippen molar-refractivity contribution in [3.05, 3.63) is 12.2 Å². The van der Waals surface area contributed by atoms with E-state index in [0.29, 0.717) is 5.57 Å². The van der Waals surface area contributed by atoms with E-state index in [2.05, 4.69) is 6.58 Å². The minimum absolute atomic E-state index is 0.125. The largest absolute Gasteiger partial charge is 0.299 e. The maximum absolute atomic E-state index is 10.7. The highest BCUT2D eigenvalue weighted by molar-refractivity contribution is 6.02. The van der Waals surface area contributed by atoms with Gasteiger partial charge < -0.3 is 0 Å². The number of carbonyl (C=O) groups is 2. The summed E-state index contributed by atoms with van der Waals surface area (Å²) in [5.41, 5.74) is 0.625. The third-order valence-electron chi connectivity index (χ3n) is 1.31. The molecule has 0 aromatic rings. The second kappa shape index (κ2) is 3.30. The van der Waals surface area contributed by atoms with E-state index >= 15 is 0 Å². The lowest BCUT2D eigenvalue weighted by atomic mass is 9.94. The molecule has 0 atom stereocenters. The number of ketones is 2. The molecule has 0 saturated heterocycles. The molecule has 0 heterocycles. The van der Waals surface area contributed by atoms with E-state index in [4.69, 9.17) is 0 Å². The molecule has 0 aliphatic carbocycles. The molecule has 0 amide bonds. The second-order valence-corrected chi connectivity index (χ2v) is 2.50. The first kappa shape index (κ1) is 9.08. The van der Waals surface area contributed by atoms with Gasteiger partial charge in [0.2, 0.25) is 0 Å². The summed E-state index contributed by atoms with van der Waals surface area (Å²) in [6.45, 7) is 8.05. The van der Waals surface area contributed by atoms with Crippen LogP contribution in [0.4, 0.5) is 0 Å². The highest BCUT2D eigenvalue weighted by Crippen LogP contribution is 2.09. The molecule has 0 rings (SSSR count). The standard InChI is InChI=1S/C8H12O2/c1-5(2)8(6(3)9)7(4)10/h8H,1H2,2-4H3. The molecule has 2 heteroatoms. The van der Waals surface area contributed by atoms with Crippen LogP contribution in [0, 0.1) is 5.92 Å². The molecule has 0 unspecified atom stereocenters. The fraction of sp³-hybridized carbons (Fsp3) is 0.500. The summed E-state index contributed by atoms with van der Waals surface area (Å²) in [5.74, 6) is -0.833. The summed E-state index contributed by atoms with van der Waals surface area (Å²) in [5, 5.41) is 0. The van der Waals surface area contributed by atoms with Crippen molar-refractivity contribution in [2.24, 2.45) is 5.92 Å². The number of rotatable bonds is 3. The van der Waals surface area contributed by atoms with Crippen LogP contribution < -0.4 is 0 Å². The lowest BCUT2D eigenvalue weighted by molar-refractivity contribution is -0.128. The van der Waals surface area contributed by atoms with Crippen molar-refractivity contribution in [2.45, 2.75) is 20.8 Å². The minimum Gasteiger partial charge on any atom is -0.299 e. The van der Waals surface area contributed by atoms with Gasteiger partial charge in [0, 0.05) is 0 Å². The van der Waals surface area contributed by atoms with E-state index in [9.17, 15) is 9.59 Å². The second-order valence-electron chi connectivity index (χ2n) is 2.50. The molecule has 0 fully saturated rings. The number of hydrogen-bond acceptors (Lipinski definition) is 2. The fourth-order valence-corrected chi connectivity index (χ4v) is 0.980. The Kier molecular flexibility index (Phi) is 3.00. The van der Waals surface area contributed by atoms with Gasteiger partial charge in [-0.1, -0.05) is 12.2 Å². The predicted molar refractivity (Wildman–Crippen MR) is 39.7 cm³/mol. The number of Topliss-reactive ketones (excluding diaryl/α,β-unsaturated/α-hetero) is 2. The van der Waals surface area contributed by atoms with Gasteiger partial charge in [0.05, 0.1) is 5.92 Å². The zero-order chi connectivity index (χ0) is 8.31. The van der Waals surface area contributed by atoms with Crippen molar-refractivity contribution in [1.82, 2.24) is 0 Å². The SMILES string of the molecule is C=C(C)C(C(C)=O)C(C)=O. The van der Waals surface area contributed by atoms with Crippen LogP contribution in [-0.2, 0) is 9.59 Å². The summed E-state index contributed by atoms with van der Waals surface area (Å²) in [6, 6.07) is 0. The van der Waals surface area contributed by atoms with Gasteiger partial charge in [-0.25, -0.2) is 0 Å². The molecular formula is C8H12O2. The van der Waals surface area contributed by atoms with Gasteiger partial charge in [0.15, 0.2) is 0 Å². The van der Waals surface area contributed by atoms with Gasteiger partial charge in [0.25, 0.3) is 0 Å². The Morgan fingerprint density at radius 2 is 1.40 bits per heavy atom. The Balaban J connectivity index is 4.43. The maximum Gasteiger partial charge on any atom is 0.144 e. The number of allylic oxidation sites excluding steroid dienone is 1. The molecule has 10 heavy (non-hydrogen) atoms. The summed E-state index contributed by atoms with van der Waals surface area (Å²) >= 11 is 0. The van der Waals surface area contributed by atoms with E-state index in [-0.39, 0.29) is 11.6 Å². The van der Waals surface area contributed by atoms with Crippen LogP contribution in [0.5, 0.6) is 0 Å². The van der Waals surface area contributed by atoms with Crippen LogP contribution >= 0.6 is 0 Å². The van der Waals surface area contributed by atoms with Crippen molar-refractivity contribution >= 4 is 11.6 Å². The van der Waals surface area contributed by atoms with Crippen LogP contribution in [0.2, 0.25) is 0 Å². The third kappa shape index (κ3) is 2.13. The molecule has 0 aromatic carbocycles. The minimum atomic E-state index is -0.583. The molecule has 0 bridgehead atoms. The number of hydrogen-bond donors (Lipinski definition) is 0. The van der Waals surface area contributed by atoms with Crippen molar-refractivity contribution < 1.29 is 9.59 Å². The first-order valence-electron chi connectivity index (χ1n) is 3.13. The van der Waals surface area contributed by atoms with Crippen LogP contribution in [-0.4, -0.2) is 11.6 Å². The number of carbonyl (C=O) groups excluding carboxylic acids is 2. The molecule has 0 aromatic heterocycles. The van der Waals surface area contributed by atoms with E-state index in [1.54, 1.807) is 6.92 Å². The molecule has 56 valence electrons. The zero-order valence-electron chi connectivity index (χ0n) is 6.60. The zero-order valence-corrected chi connectivity index (χ0v) is 6.60. The van der Waals surface area contributed by atoms with Crippen molar-refractivity contribution in [2.75, 3.05) is 0 Å². The van der Waals surface area contributed by atoms with Gasteiger partial charge in [-0.2, -0.15) is 0 Å². The van der Waals surface area contributed by atoms with Gasteiger partial charge >= 0.3 is 0 Å². The lowest BCUT2D eigenvalue weighted by Crippen LogP contribution is -2.19. The Morgan fingerprint density at radius 3 is 1.40 bits per heavy atom. The summed E-state index contributed by atoms with van der Waals surface area (Å²) in [4.78, 5) is 21.5. The molecule has 2 nitrogen and oxygen atoms in total. The first-order valence-corrected chi connectivity index (χ1v) is 3.13. The molecule has 0 aliphatic heterocycles. The average Bonchev–Trinajstić information content (AvgIpc) is 1.59. The van der Waals surface area contributed by atoms with Gasteiger partial charge in [-0.3, -0.25) is 9.59 Å². The highest BCUT2D eigenvalue weighted by Gasteiger charge is 2.19. The Bertz CT molecular complexity index is 146. The highest BCUT2D eigenvalue weighted by atomic mass is 16.1. The van der Waals surface area contributed by atoms with Gasteiger partial charge in [-0.15, -0.1) is 0 Å². The first-order chi connectivity index (χ1) is 4.46. The van der Waals surface area contributed by atoms with Crippen LogP contribution in [0.15, 0.2) is 12.2 Å². The van der Waals surface area contributed by atoms with E-state index in [1.807, 2.05) is 0 Å². The lowest BCUT2D eigenvalue weighted by Gasteiger charge is -2.07. The Morgan fingerprint density at radius 1 is 1.10 bits per heavy atom. The predicted octanol–water partition coefficient (Wildman–Crippen LogP) is 1.36. The Hall–Kier alpha value is -0.920. The fourth-order valence-electron chi connectivity index (χ4n) is 0.980. The van der Waals surface area contributed by atoms with Gasteiger partial charge in [0.1, 0.15) is 11.6 Å². The summed E-state index contributed by atoms with van der Waals surface area (Å²) in [7, 11) is 0. The topological polar surface area (TPSA) is 34.1 Å². The van der Waals surface area contributed by atoms with Crippen LogP contribution in [0.1, 0.15) is 20.8 Å². The Labute approximate surface area is 60.9 Å².